The number of hydrogen-bond acceptors (Lipinski definition) is 4. The standard InChI is InChI=1S/C30H33Br2N3O4S/c1-40(38,39)35(27-16-8-13-25(32)19-27)21-29(36)34(20-23-11-7-12-24(31)17-23)28(18-22-9-3-2-4-10-22)30(37)33-26-14-5-6-15-26/h2-4,7-13,16-17,19,26,28H,5-6,14-15,18,20-21H2,1H3,(H,33,37)/t28-/m0/s1. The Morgan fingerprint density at radius 2 is 1.52 bits per heavy atom. The van der Waals surface area contributed by atoms with Crippen LogP contribution >= 0.6 is 31.9 Å². The number of nitrogens with one attached hydrogen (secondary N) is 1. The molecule has 1 fully saturated rings. The van der Waals surface area contributed by atoms with Gasteiger partial charge in [0, 0.05) is 28.0 Å². The van der Waals surface area contributed by atoms with Crippen LogP contribution < -0.4 is 9.62 Å². The lowest BCUT2D eigenvalue weighted by atomic mass is 10.0. The Morgan fingerprint density at radius 1 is 0.900 bits per heavy atom. The molecule has 1 atom stereocenters. The van der Waals surface area contributed by atoms with E-state index in [1.807, 2.05) is 54.6 Å². The second-order valence-corrected chi connectivity index (χ2v) is 13.8. The fraction of sp³-hybridized carbons (Fsp3) is 0.333. The molecule has 1 aliphatic carbocycles. The van der Waals surface area contributed by atoms with Crippen LogP contribution in [-0.4, -0.2) is 50.0 Å². The Bertz CT molecular complexity index is 1430. The van der Waals surface area contributed by atoms with Crippen LogP contribution in [0.2, 0.25) is 0 Å². The van der Waals surface area contributed by atoms with Crippen LogP contribution in [0, 0.1) is 0 Å². The molecule has 0 radical (unpaired) electrons. The molecule has 0 bridgehead atoms. The van der Waals surface area contributed by atoms with E-state index >= 15 is 0 Å². The van der Waals surface area contributed by atoms with Gasteiger partial charge in [0.1, 0.15) is 12.6 Å². The van der Waals surface area contributed by atoms with Gasteiger partial charge in [0.25, 0.3) is 0 Å². The summed E-state index contributed by atoms with van der Waals surface area (Å²) in [7, 11) is -3.81. The van der Waals surface area contributed by atoms with E-state index < -0.39 is 28.5 Å². The molecule has 10 heteroatoms. The lowest BCUT2D eigenvalue weighted by molar-refractivity contribution is -0.140. The number of halogens is 2. The first kappa shape index (κ1) is 30.3. The lowest BCUT2D eigenvalue weighted by Gasteiger charge is -2.34. The van der Waals surface area contributed by atoms with Gasteiger partial charge in [0.15, 0.2) is 0 Å². The van der Waals surface area contributed by atoms with E-state index in [9.17, 15) is 18.0 Å². The van der Waals surface area contributed by atoms with Gasteiger partial charge in [-0.3, -0.25) is 13.9 Å². The third-order valence-corrected chi connectivity index (χ3v) is 9.12. The first-order chi connectivity index (χ1) is 19.1. The summed E-state index contributed by atoms with van der Waals surface area (Å²) in [5.41, 5.74) is 2.10. The van der Waals surface area contributed by atoms with Crippen LogP contribution in [-0.2, 0) is 32.6 Å². The minimum atomic E-state index is -3.81. The Morgan fingerprint density at radius 3 is 2.15 bits per heavy atom. The van der Waals surface area contributed by atoms with Gasteiger partial charge >= 0.3 is 0 Å². The summed E-state index contributed by atoms with van der Waals surface area (Å²) in [6, 6.07) is 23.2. The second-order valence-electron chi connectivity index (χ2n) is 10.1. The van der Waals surface area contributed by atoms with Gasteiger partial charge in [-0.2, -0.15) is 0 Å². The fourth-order valence-corrected chi connectivity index (χ4v) is 6.67. The van der Waals surface area contributed by atoms with E-state index in [0.717, 1.165) is 51.8 Å². The van der Waals surface area contributed by atoms with Crippen LogP contribution in [0.1, 0.15) is 36.8 Å². The Balaban J connectivity index is 1.72. The highest BCUT2D eigenvalue weighted by atomic mass is 79.9. The molecule has 0 spiro atoms. The summed E-state index contributed by atoms with van der Waals surface area (Å²) in [6.45, 7) is -0.296. The number of nitrogens with zero attached hydrogens (tertiary/aromatic N) is 2. The average Bonchev–Trinajstić information content (AvgIpc) is 3.42. The van der Waals surface area contributed by atoms with Crippen LogP contribution in [0.25, 0.3) is 0 Å². The number of hydrogen-bond donors (Lipinski definition) is 1. The maximum absolute atomic E-state index is 14.1. The average molecular weight is 691 g/mol. The van der Waals surface area contributed by atoms with E-state index in [4.69, 9.17) is 0 Å². The number of rotatable bonds is 11. The number of carbonyl (C=O) groups excluding carboxylic acids is 2. The first-order valence-corrected chi connectivity index (χ1v) is 16.6. The van der Waals surface area contributed by atoms with Gasteiger partial charge in [-0.05, 0) is 54.3 Å². The number of amides is 2. The molecule has 0 aliphatic heterocycles. The molecule has 0 unspecified atom stereocenters. The van der Waals surface area contributed by atoms with Crippen molar-refractivity contribution in [3.8, 4) is 0 Å². The molecule has 1 aliphatic rings. The largest absolute Gasteiger partial charge is 0.352 e. The quantitative estimate of drug-likeness (QED) is 0.281. The monoisotopic (exact) mass is 689 g/mol. The molecule has 0 saturated heterocycles. The molecule has 0 heterocycles. The zero-order chi connectivity index (χ0) is 28.7. The minimum absolute atomic E-state index is 0.0720. The van der Waals surface area contributed by atoms with Crippen molar-refractivity contribution in [1.29, 1.82) is 0 Å². The van der Waals surface area contributed by atoms with E-state index in [1.54, 1.807) is 24.3 Å². The topological polar surface area (TPSA) is 86.8 Å². The van der Waals surface area contributed by atoms with E-state index in [-0.39, 0.29) is 18.5 Å². The Kier molecular flexibility index (Phi) is 10.4. The highest BCUT2D eigenvalue weighted by Crippen LogP contribution is 2.24. The molecule has 3 aromatic carbocycles. The number of benzene rings is 3. The molecular weight excluding hydrogens is 658 g/mol. The predicted octanol–water partition coefficient (Wildman–Crippen LogP) is 5.68. The highest BCUT2D eigenvalue weighted by Gasteiger charge is 2.34. The molecule has 4 rings (SSSR count). The van der Waals surface area contributed by atoms with Crippen molar-refractivity contribution in [1.82, 2.24) is 10.2 Å². The van der Waals surface area contributed by atoms with E-state index in [2.05, 4.69) is 37.2 Å². The Labute approximate surface area is 253 Å². The molecule has 1 saturated carbocycles. The maximum Gasteiger partial charge on any atom is 0.244 e. The SMILES string of the molecule is CS(=O)(=O)N(CC(=O)N(Cc1cccc(Br)c1)[C@@H](Cc1ccccc1)C(=O)NC1CCCC1)c1cccc(Br)c1. The van der Waals surface area contributed by atoms with Gasteiger partial charge < -0.3 is 10.2 Å². The van der Waals surface area contributed by atoms with Crippen molar-refractivity contribution in [2.75, 3.05) is 17.1 Å². The second kappa shape index (κ2) is 13.8. The van der Waals surface area contributed by atoms with Gasteiger partial charge in [-0.1, -0.05) is 93.2 Å². The van der Waals surface area contributed by atoms with E-state index in [1.165, 1.54) is 4.90 Å². The zero-order valence-corrected chi connectivity index (χ0v) is 26.3. The summed E-state index contributed by atoms with van der Waals surface area (Å²) >= 11 is 6.89. The normalized spacial score (nSPS) is 14.5. The van der Waals surface area contributed by atoms with Crippen molar-refractivity contribution >= 4 is 59.4 Å². The summed E-state index contributed by atoms with van der Waals surface area (Å²) < 4.78 is 28.4. The smallest absolute Gasteiger partial charge is 0.244 e. The number of carbonyl (C=O) groups is 2. The first-order valence-electron chi connectivity index (χ1n) is 13.2. The third kappa shape index (κ3) is 8.41. The molecule has 40 heavy (non-hydrogen) atoms. The third-order valence-electron chi connectivity index (χ3n) is 6.99. The summed E-state index contributed by atoms with van der Waals surface area (Å²) in [5, 5.41) is 3.17. The molecular formula is C30H33Br2N3O4S. The van der Waals surface area contributed by atoms with Gasteiger partial charge in [0.2, 0.25) is 21.8 Å². The molecule has 1 N–H and O–H groups in total. The summed E-state index contributed by atoms with van der Waals surface area (Å²) in [5.74, 6) is -0.694. The van der Waals surface area contributed by atoms with Crippen molar-refractivity contribution in [3.05, 3.63) is 98.9 Å². The Hall–Kier alpha value is -2.69. The van der Waals surface area contributed by atoms with Crippen molar-refractivity contribution in [2.45, 2.75) is 50.7 Å². The van der Waals surface area contributed by atoms with Crippen LogP contribution in [0.4, 0.5) is 5.69 Å². The molecule has 2 amide bonds. The molecule has 0 aromatic heterocycles. The van der Waals surface area contributed by atoms with E-state index in [0.29, 0.717) is 16.6 Å². The molecule has 7 nitrogen and oxygen atoms in total. The lowest BCUT2D eigenvalue weighted by Crippen LogP contribution is -2.54. The van der Waals surface area contributed by atoms with Gasteiger partial charge in [-0.15, -0.1) is 0 Å². The van der Waals surface area contributed by atoms with Crippen LogP contribution in [0.15, 0.2) is 87.8 Å². The van der Waals surface area contributed by atoms with Gasteiger partial charge in [-0.25, -0.2) is 8.42 Å². The van der Waals surface area contributed by atoms with Crippen molar-refractivity contribution < 1.29 is 18.0 Å². The van der Waals surface area contributed by atoms with Crippen LogP contribution in [0.3, 0.4) is 0 Å². The predicted molar refractivity (Wildman–Crippen MR) is 165 cm³/mol. The summed E-state index contributed by atoms with van der Waals surface area (Å²) in [6.07, 6.45) is 5.32. The van der Waals surface area contributed by atoms with Crippen molar-refractivity contribution in [3.63, 3.8) is 0 Å². The van der Waals surface area contributed by atoms with Crippen molar-refractivity contribution in [2.24, 2.45) is 0 Å². The molecule has 212 valence electrons. The number of sulfonamides is 1. The zero-order valence-electron chi connectivity index (χ0n) is 22.3. The van der Waals surface area contributed by atoms with Gasteiger partial charge in [0.05, 0.1) is 11.9 Å². The fourth-order valence-electron chi connectivity index (χ4n) is 5.00. The summed E-state index contributed by atoms with van der Waals surface area (Å²) in [4.78, 5) is 29.5. The highest BCUT2D eigenvalue weighted by molar-refractivity contribution is 9.10. The maximum atomic E-state index is 14.1. The minimum Gasteiger partial charge on any atom is -0.352 e. The molecule has 3 aromatic rings. The van der Waals surface area contributed by atoms with Crippen LogP contribution in [0.5, 0.6) is 0 Å². The number of anilines is 1.